The summed E-state index contributed by atoms with van der Waals surface area (Å²) in [6.07, 6.45) is 0.831. The van der Waals surface area contributed by atoms with Crippen molar-refractivity contribution in [1.29, 1.82) is 0 Å². The zero-order valence-electron chi connectivity index (χ0n) is 16.5. The molecule has 3 N–H and O–H groups in total. The normalized spacial score (nSPS) is 18.5. The van der Waals surface area contributed by atoms with Crippen molar-refractivity contribution >= 4 is 23.5 Å². The second kappa shape index (κ2) is 8.41. The fourth-order valence-corrected chi connectivity index (χ4v) is 3.01. The number of nitrogens with one attached hydrogen (secondary N) is 1. The minimum absolute atomic E-state index is 0.148. The minimum Gasteiger partial charge on any atom is -0.449 e. The number of anilines is 1. The van der Waals surface area contributed by atoms with Gasteiger partial charge in [0.1, 0.15) is 0 Å². The first-order valence-electron chi connectivity index (χ1n) is 9.24. The Bertz CT molecular complexity index is 694. The maximum Gasteiger partial charge on any atom is 0.338 e. The lowest BCUT2D eigenvalue weighted by Crippen LogP contribution is -2.46. The van der Waals surface area contributed by atoms with Crippen LogP contribution in [0.15, 0.2) is 24.3 Å². The molecule has 0 aromatic heterocycles. The van der Waals surface area contributed by atoms with Gasteiger partial charge in [-0.2, -0.15) is 0 Å². The summed E-state index contributed by atoms with van der Waals surface area (Å²) >= 11 is 0. The third-order valence-corrected chi connectivity index (χ3v) is 4.44. The number of carbonyl (C=O) groups is 3. The molecule has 1 aromatic rings. The predicted molar refractivity (Wildman–Crippen MR) is 103 cm³/mol. The van der Waals surface area contributed by atoms with Crippen molar-refractivity contribution in [3.63, 3.8) is 0 Å². The van der Waals surface area contributed by atoms with E-state index in [9.17, 15) is 14.4 Å². The SMILES string of the molecule is C[C@H](OC(=O)c1ccc(N2CCC[C@H](C(N)=O)C2)cc1)C(=O)NC(C)(C)C. The summed E-state index contributed by atoms with van der Waals surface area (Å²) in [4.78, 5) is 37.8. The molecule has 0 saturated carbocycles. The minimum atomic E-state index is -0.880. The number of nitrogens with zero attached hydrogens (tertiary/aromatic N) is 1. The Kier molecular flexibility index (Phi) is 6.46. The van der Waals surface area contributed by atoms with E-state index in [1.165, 1.54) is 0 Å². The number of esters is 1. The van der Waals surface area contributed by atoms with Gasteiger partial charge in [0.15, 0.2) is 6.10 Å². The quantitative estimate of drug-likeness (QED) is 0.765. The highest BCUT2D eigenvalue weighted by molar-refractivity contribution is 5.92. The van der Waals surface area contributed by atoms with Crippen LogP contribution in [-0.4, -0.2) is 42.5 Å². The molecule has 0 unspecified atom stereocenters. The number of piperidine rings is 1. The molecule has 1 fully saturated rings. The second-order valence-corrected chi connectivity index (χ2v) is 8.02. The highest BCUT2D eigenvalue weighted by atomic mass is 16.5. The molecule has 0 bridgehead atoms. The Hall–Kier alpha value is -2.57. The van der Waals surface area contributed by atoms with Crippen LogP contribution < -0.4 is 16.0 Å². The van der Waals surface area contributed by atoms with Crippen LogP contribution in [0.4, 0.5) is 5.69 Å². The van der Waals surface area contributed by atoms with Crippen molar-refractivity contribution < 1.29 is 19.1 Å². The zero-order valence-corrected chi connectivity index (χ0v) is 16.5. The highest BCUT2D eigenvalue weighted by Crippen LogP contribution is 2.23. The predicted octanol–water partition coefficient (Wildman–Crippen LogP) is 1.85. The van der Waals surface area contributed by atoms with E-state index in [0.717, 1.165) is 25.1 Å². The Morgan fingerprint density at radius 3 is 2.41 bits per heavy atom. The van der Waals surface area contributed by atoms with Crippen LogP contribution in [0.2, 0.25) is 0 Å². The smallest absolute Gasteiger partial charge is 0.338 e. The number of hydrogen-bond acceptors (Lipinski definition) is 5. The van der Waals surface area contributed by atoms with Crippen molar-refractivity contribution in [2.45, 2.75) is 52.2 Å². The van der Waals surface area contributed by atoms with Gasteiger partial charge < -0.3 is 20.7 Å². The van der Waals surface area contributed by atoms with E-state index in [0.29, 0.717) is 12.1 Å². The summed E-state index contributed by atoms with van der Waals surface area (Å²) in [5.74, 6) is -1.31. The van der Waals surface area contributed by atoms with Gasteiger partial charge in [-0.05, 0) is 64.8 Å². The van der Waals surface area contributed by atoms with Crippen molar-refractivity contribution in [3.05, 3.63) is 29.8 Å². The molecule has 7 nitrogen and oxygen atoms in total. The molecule has 1 saturated heterocycles. The van der Waals surface area contributed by atoms with Gasteiger partial charge in [0, 0.05) is 24.3 Å². The number of primary amides is 1. The summed E-state index contributed by atoms with van der Waals surface area (Å²) in [7, 11) is 0. The van der Waals surface area contributed by atoms with E-state index >= 15 is 0 Å². The Balaban J connectivity index is 1.97. The third kappa shape index (κ3) is 5.98. The molecule has 1 heterocycles. The molecule has 2 rings (SSSR count). The number of amides is 2. The van der Waals surface area contributed by atoms with Gasteiger partial charge >= 0.3 is 5.97 Å². The van der Waals surface area contributed by atoms with Gasteiger partial charge in [-0.1, -0.05) is 0 Å². The average molecular weight is 375 g/mol. The van der Waals surface area contributed by atoms with Crippen molar-refractivity contribution in [1.82, 2.24) is 5.32 Å². The summed E-state index contributed by atoms with van der Waals surface area (Å²) in [6.45, 7) is 8.57. The topological polar surface area (TPSA) is 102 Å². The second-order valence-electron chi connectivity index (χ2n) is 8.02. The van der Waals surface area contributed by atoms with Crippen LogP contribution in [-0.2, 0) is 14.3 Å². The zero-order chi connectivity index (χ0) is 20.2. The average Bonchev–Trinajstić information content (AvgIpc) is 2.60. The van der Waals surface area contributed by atoms with Crippen LogP contribution in [0.3, 0.4) is 0 Å². The number of ether oxygens (including phenoxy) is 1. The van der Waals surface area contributed by atoms with Crippen LogP contribution in [0.1, 0.15) is 50.9 Å². The largest absolute Gasteiger partial charge is 0.449 e. The maximum atomic E-state index is 12.3. The number of nitrogens with two attached hydrogens (primary N) is 1. The van der Waals surface area contributed by atoms with Crippen molar-refractivity contribution in [2.75, 3.05) is 18.0 Å². The van der Waals surface area contributed by atoms with Gasteiger partial charge in [-0.15, -0.1) is 0 Å². The van der Waals surface area contributed by atoms with Gasteiger partial charge in [0.05, 0.1) is 11.5 Å². The molecule has 1 aliphatic heterocycles. The van der Waals surface area contributed by atoms with E-state index in [1.807, 2.05) is 32.9 Å². The summed E-state index contributed by atoms with van der Waals surface area (Å²) < 4.78 is 5.25. The summed E-state index contributed by atoms with van der Waals surface area (Å²) in [5.41, 5.74) is 6.33. The standard InChI is InChI=1S/C20H29N3O4/c1-13(18(25)22-20(2,3)4)27-19(26)14-7-9-16(10-8-14)23-11-5-6-15(12-23)17(21)24/h7-10,13,15H,5-6,11-12H2,1-4H3,(H2,21,24)(H,22,25)/t13-,15-/m0/s1. The van der Waals surface area contributed by atoms with Gasteiger partial charge in [-0.25, -0.2) is 4.79 Å². The third-order valence-electron chi connectivity index (χ3n) is 4.44. The number of benzene rings is 1. The lowest BCUT2D eigenvalue weighted by Gasteiger charge is -2.33. The first kappa shape index (κ1) is 20.7. The van der Waals surface area contributed by atoms with E-state index in [4.69, 9.17) is 10.5 Å². The molecule has 0 spiro atoms. The molecule has 7 heteroatoms. The van der Waals surface area contributed by atoms with E-state index in [1.54, 1.807) is 19.1 Å². The molecular weight excluding hydrogens is 346 g/mol. The molecular formula is C20H29N3O4. The van der Waals surface area contributed by atoms with E-state index < -0.39 is 17.6 Å². The monoisotopic (exact) mass is 375 g/mol. The Labute approximate surface area is 160 Å². The molecule has 2 amide bonds. The Morgan fingerprint density at radius 2 is 1.85 bits per heavy atom. The molecule has 148 valence electrons. The van der Waals surface area contributed by atoms with Gasteiger partial charge in [0.25, 0.3) is 5.91 Å². The van der Waals surface area contributed by atoms with Crippen LogP contribution >= 0.6 is 0 Å². The van der Waals surface area contributed by atoms with Crippen LogP contribution in [0, 0.1) is 5.92 Å². The number of carbonyl (C=O) groups excluding carboxylic acids is 3. The first-order valence-corrected chi connectivity index (χ1v) is 9.24. The lowest BCUT2D eigenvalue weighted by molar-refractivity contribution is -0.130. The molecule has 1 aromatic carbocycles. The number of rotatable bonds is 5. The summed E-state index contributed by atoms with van der Waals surface area (Å²) in [5, 5.41) is 2.78. The molecule has 1 aliphatic rings. The highest BCUT2D eigenvalue weighted by Gasteiger charge is 2.25. The summed E-state index contributed by atoms with van der Waals surface area (Å²) in [6, 6.07) is 6.97. The first-order chi connectivity index (χ1) is 12.6. The molecule has 0 aliphatic carbocycles. The van der Waals surface area contributed by atoms with E-state index in [-0.39, 0.29) is 17.7 Å². The fourth-order valence-electron chi connectivity index (χ4n) is 3.01. The van der Waals surface area contributed by atoms with Crippen LogP contribution in [0.25, 0.3) is 0 Å². The van der Waals surface area contributed by atoms with Gasteiger partial charge in [0.2, 0.25) is 5.91 Å². The maximum absolute atomic E-state index is 12.3. The van der Waals surface area contributed by atoms with Gasteiger partial charge in [-0.3, -0.25) is 9.59 Å². The number of hydrogen-bond donors (Lipinski definition) is 2. The van der Waals surface area contributed by atoms with Crippen molar-refractivity contribution in [3.8, 4) is 0 Å². The molecule has 27 heavy (non-hydrogen) atoms. The Morgan fingerprint density at radius 1 is 1.22 bits per heavy atom. The fraction of sp³-hybridized carbons (Fsp3) is 0.550. The van der Waals surface area contributed by atoms with Crippen molar-refractivity contribution in [2.24, 2.45) is 11.7 Å². The van der Waals surface area contributed by atoms with E-state index in [2.05, 4.69) is 10.2 Å². The van der Waals surface area contributed by atoms with Crippen LogP contribution in [0.5, 0.6) is 0 Å². The molecule has 2 atom stereocenters. The molecule has 0 radical (unpaired) electrons. The lowest BCUT2D eigenvalue weighted by atomic mass is 9.97.